The Bertz CT molecular complexity index is 306. The Morgan fingerprint density at radius 2 is 2.06 bits per heavy atom. The minimum Gasteiger partial charge on any atom is -0.479 e. The largest absolute Gasteiger partial charge is 0.479 e. The van der Waals surface area contributed by atoms with Crippen LogP contribution in [0, 0.1) is 0 Å². The summed E-state index contributed by atoms with van der Waals surface area (Å²) in [5.41, 5.74) is -1.01. The number of carboxylic acid groups (broad SMARTS) is 1. The Hall–Kier alpha value is -0.710. The number of carbonyl (C=O) groups excluding carboxylic acids is 1. The molecule has 1 fully saturated rings. The number of rotatable bonds is 3. The van der Waals surface area contributed by atoms with Gasteiger partial charge in [0.05, 0.1) is 0 Å². The van der Waals surface area contributed by atoms with Gasteiger partial charge in [0.1, 0.15) is 0 Å². The highest BCUT2D eigenvalue weighted by atomic mass is 32.2. The number of carbonyl (C=O) groups is 2. The fraction of sp³-hybridized carbons (Fsp3) is 0.818. The number of nitrogens with zero attached hydrogens (tertiary/aromatic N) is 1. The summed E-state index contributed by atoms with van der Waals surface area (Å²) in [6.45, 7) is 7.17. The summed E-state index contributed by atoms with van der Waals surface area (Å²) in [5, 5.41) is 9.73. The average Bonchev–Trinajstić information content (AvgIpc) is 2.47. The molecule has 0 radical (unpaired) electrons. The summed E-state index contributed by atoms with van der Waals surface area (Å²) in [5.74, 6) is -0.554. The normalized spacial score (nSPS) is 29.4. The topological polar surface area (TPSA) is 57.6 Å². The molecule has 0 aromatic carbocycles. The van der Waals surface area contributed by atoms with Gasteiger partial charge in [0.2, 0.25) is 5.91 Å². The van der Waals surface area contributed by atoms with Crippen molar-refractivity contribution in [3.05, 3.63) is 0 Å². The molecular formula is C11H19NO3S. The van der Waals surface area contributed by atoms with Crippen molar-refractivity contribution in [2.24, 2.45) is 0 Å². The molecule has 0 aromatic rings. The zero-order chi connectivity index (χ0) is 12.5. The zero-order valence-electron chi connectivity index (χ0n) is 10.2. The molecular weight excluding hydrogens is 226 g/mol. The number of thioether (sulfide) groups is 1. The highest BCUT2D eigenvalue weighted by molar-refractivity contribution is 8.00. The van der Waals surface area contributed by atoms with Crippen molar-refractivity contribution in [2.45, 2.75) is 50.9 Å². The minimum absolute atomic E-state index is 0.0838. The van der Waals surface area contributed by atoms with E-state index in [9.17, 15) is 14.7 Å². The second kappa shape index (κ2) is 4.65. The molecule has 0 aliphatic carbocycles. The Labute approximate surface area is 100 Å². The third kappa shape index (κ3) is 2.19. The van der Waals surface area contributed by atoms with E-state index >= 15 is 0 Å². The third-order valence-corrected chi connectivity index (χ3v) is 4.33. The first kappa shape index (κ1) is 13.4. The summed E-state index contributed by atoms with van der Waals surface area (Å²) >= 11 is 1.62. The van der Waals surface area contributed by atoms with Crippen LogP contribution in [-0.4, -0.2) is 44.5 Å². The highest BCUT2D eigenvalue weighted by Crippen LogP contribution is 2.39. The predicted molar refractivity (Wildman–Crippen MR) is 64.6 cm³/mol. The first-order valence-electron chi connectivity index (χ1n) is 5.46. The number of aliphatic carboxylic acids is 1. The first-order valence-corrected chi connectivity index (χ1v) is 6.51. The van der Waals surface area contributed by atoms with Crippen molar-refractivity contribution in [3.8, 4) is 0 Å². The molecule has 92 valence electrons. The second-order valence-corrected chi connectivity index (χ2v) is 6.07. The fourth-order valence-corrected chi connectivity index (χ4v) is 3.79. The van der Waals surface area contributed by atoms with Gasteiger partial charge in [-0.25, -0.2) is 4.79 Å². The van der Waals surface area contributed by atoms with Gasteiger partial charge in [0.25, 0.3) is 0 Å². The van der Waals surface area contributed by atoms with Crippen LogP contribution in [0.4, 0.5) is 0 Å². The monoisotopic (exact) mass is 245 g/mol. The number of amides is 1. The molecule has 0 saturated carbocycles. The van der Waals surface area contributed by atoms with Crippen molar-refractivity contribution >= 4 is 23.6 Å². The summed E-state index contributed by atoms with van der Waals surface area (Å²) in [7, 11) is 0. The van der Waals surface area contributed by atoms with Gasteiger partial charge in [-0.15, -0.1) is 0 Å². The summed E-state index contributed by atoms with van der Waals surface area (Å²) in [6.07, 6.45) is 0.532. The van der Waals surface area contributed by atoms with E-state index < -0.39 is 11.5 Å². The minimum atomic E-state index is -1.01. The Balaban J connectivity index is 3.10. The molecule has 0 aromatic heterocycles. The standard InChI is InChI=1S/C11H19NO3S/c1-7(2)12(9(4)13)11(10(14)15)5-8(3)16-6-11/h7-8H,5-6H2,1-4H3,(H,14,15). The van der Waals surface area contributed by atoms with Crippen LogP contribution in [-0.2, 0) is 9.59 Å². The van der Waals surface area contributed by atoms with Gasteiger partial charge in [-0.2, -0.15) is 11.8 Å². The molecule has 1 saturated heterocycles. The van der Waals surface area contributed by atoms with Crippen LogP contribution < -0.4 is 0 Å². The van der Waals surface area contributed by atoms with Crippen molar-refractivity contribution in [1.29, 1.82) is 0 Å². The van der Waals surface area contributed by atoms with E-state index in [0.717, 1.165) is 0 Å². The molecule has 1 amide bonds. The summed E-state index contributed by atoms with van der Waals surface area (Å²) in [4.78, 5) is 24.7. The molecule has 1 aliphatic heterocycles. The highest BCUT2D eigenvalue weighted by Gasteiger charge is 2.51. The summed E-state index contributed by atoms with van der Waals surface area (Å²) < 4.78 is 0. The smallest absolute Gasteiger partial charge is 0.330 e. The maximum absolute atomic E-state index is 11.6. The number of hydrogen-bond donors (Lipinski definition) is 1. The average molecular weight is 245 g/mol. The van der Waals surface area contributed by atoms with Gasteiger partial charge in [-0.05, 0) is 20.3 Å². The van der Waals surface area contributed by atoms with Gasteiger partial charge < -0.3 is 10.0 Å². The number of hydrogen-bond acceptors (Lipinski definition) is 3. The molecule has 1 N–H and O–H groups in total. The van der Waals surface area contributed by atoms with Crippen LogP contribution in [0.2, 0.25) is 0 Å². The van der Waals surface area contributed by atoms with Crippen LogP contribution in [0.25, 0.3) is 0 Å². The van der Waals surface area contributed by atoms with Gasteiger partial charge in [-0.1, -0.05) is 6.92 Å². The van der Waals surface area contributed by atoms with Crippen LogP contribution in [0.1, 0.15) is 34.1 Å². The van der Waals surface area contributed by atoms with E-state index in [4.69, 9.17) is 0 Å². The van der Waals surface area contributed by atoms with E-state index in [1.807, 2.05) is 20.8 Å². The van der Waals surface area contributed by atoms with Gasteiger partial charge in [0, 0.05) is 24.0 Å². The number of carboxylic acids is 1. The zero-order valence-corrected chi connectivity index (χ0v) is 11.0. The quantitative estimate of drug-likeness (QED) is 0.820. The van der Waals surface area contributed by atoms with E-state index in [2.05, 4.69) is 0 Å². The Morgan fingerprint density at radius 3 is 2.31 bits per heavy atom. The molecule has 1 rings (SSSR count). The third-order valence-electron chi connectivity index (χ3n) is 2.95. The molecule has 2 unspecified atom stereocenters. The van der Waals surface area contributed by atoms with Gasteiger partial charge >= 0.3 is 5.97 Å². The lowest BCUT2D eigenvalue weighted by atomic mass is 9.92. The van der Waals surface area contributed by atoms with Crippen LogP contribution in [0.3, 0.4) is 0 Å². The van der Waals surface area contributed by atoms with E-state index in [1.54, 1.807) is 11.8 Å². The lowest BCUT2D eigenvalue weighted by Gasteiger charge is -2.39. The fourth-order valence-electron chi connectivity index (χ4n) is 2.45. The SMILES string of the molecule is CC(=O)N(C(C)C)C1(C(=O)O)CSC(C)C1. The molecule has 0 spiro atoms. The maximum atomic E-state index is 11.6. The van der Waals surface area contributed by atoms with E-state index in [-0.39, 0.29) is 17.2 Å². The molecule has 2 atom stereocenters. The Kier molecular flexibility index (Phi) is 3.88. The van der Waals surface area contributed by atoms with Crippen LogP contribution in [0.5, 0.6) is 0 Å². The van der Waals surface area contributed by atoms with E-state index in [0.29, 0.717) is 12.2 Å². The lowest BCUT2D eigenvalue weighted by Crippen LogP contribution is -2.59. The van der Waals surface area contributed by atoms with Crippen molar-refractivity contribution in [2.75, 3.05) is 5.75 Å². The first-order chi connectivity index (χ1) is 7.31. The van der Waals surface area contributed by atoms with Crippen LogP contribution >= 0.6 is 11.8 Å². The summed E-state index contributed by atoms with van der Waals surface area (Å²) in [6, 6.07) is -0.0838. The van der Waals surface area contributed by atoms with Crippen LogP contribution in [0.15, 0.2) is 0 Å². The second-order valence-electron chi connectivity index (χ2n) is 4.65. The molecule has 0 bridgehead atoms. The lowest BCUT2D eigenvalue weighted by molar-refractivity contribution is -0.159. The van der Waals surface area contributed by atoms with Crippen molar-refractivity contribution in [3.63, 3.8) is 0 Å². The molecule has 1 aliphatic rings. The Morgan fingerprint density at radius 1 is 1.50 bits per heavy atom. The molecule has 1 heterocycles. The van der Waals surface area contributed by atoms with E-state index in [1.165, 1.54) is 11.8 Å². The molecule has 16 heavy (non-hydrogen) atoms. The molecule has 5 heteroatoms. The maximum Gasteiger partial charge on any atom is 0.330 e. The van der Waals surface area contributed by atoms with Crippen molar-refractivity contribution in [1.82, 2.24) is 4.90 Å². The van der Waals surface area contributed by atoms with Crippen molar-refractivity contribution < 1.29 is 14.7 Å². The molecule has 4 nitrogen and oxygen atoms in total. The predicted octanol–water partition coefficient (Wildman–Crippen LogP) is 1.59. The van der Waals surface area contributed by atoms with Gasteiger partial charge in [-0.3, -0.25) is 4.79 Å². The van der Waals surface area contributed by atoms with Gasteiger partial charge in [0.15, 0.2) is 5.54 Å².